The molecular weight excluding hydrogens is 810 g/mol. The Morgan fingerprint density at radius 1 is 0.710 bits per heavy atom. The quantitative estimate of drug-likeness (QED) is 0.148. The summed E-state index contributed by atoms with van der Waals surface area (Å²) in [6.45, 7) is 12.6. The number of ether oxygens (including phenoxy) is 7. The van der Waals surface area contributed by atoms with Crippen molar-refractivity contribution in [2.24, 2.45) is 46.3 Å². The molecule has 4 aliphatic carbocycles. The van der Waals surface area contributed by atoms with Crippen LogP contribution in [0, 0.1) is 46.3 Å². The average molecular weight is 884 g/mol. The molecule has 62 heavy (non-hydrogen) atoms. The van der Waals surface area contributed by atoms with Gasteiger partial charge in [-0.15, -0.1) is 0 Å². The summed E-state index contributed by atoms with van der Waals surface area (Å²) < 4.78 is 43.6. The fraction of sp³-hybridized carbons (Fsp3) is 0.956. The van der Waals surface area contributed by atoms with Crippen LogP contribution in [-0.2, 0) is 33.2 Å². The van der Waals surface area contributed by atoms with Gasteiger partial charge in [-0.25, -0.2) is 0 Å². The highest BCUT2D eigenvalue weighted by Gasteiger charge is 2.71. The zero-order chi connectivity index (χ0) is 44.4. The number of fused-ring (bicyclic) bond motifs is 7. The van der Waals surface area contributed by atoms with E-state index in [2.05, 4.69) is 39.1 Å². The van der Waals surface area contributed by atoms with Crippen molar-refractivity contribution >= 4 is 0 Å². The minimum absolute atomic E-state index is 0.116. The van der Waals surface area contributed by atoms with E-state index in [0.29, 0.717) is 42.9 Å². The molecule has 0 radical (unpaired) electrons. The van der Waals surface area contributed by atoms with Crippen LogP contribution in [0.5, 0.6) is 0 Å². The lowest BCUT2D eigenvalue weighted by molar-refractivity contribution is -0.388. The van der Waals surface area contributed by atoms with Gasteiger partial charge in [0.25, 0.3) is 0 Å². The Hall–Kier alpha value is -0.940. The first kappa shape index (κ1) is 46.2. The van der Waals surface area contributed by atoms with E-state index in [0.717, 1.165) is 38.6 Å². The maximum atomic E-state index is 12.3. The maximum absolute atomic E-state index is 12.3. The van der Waals surface area contributed by atoms with Gasteiger partial charge in [0, 0.05) is 17.9 Å². The van der Waals surface area contributed by atoms with Crippen LogP contribution in [0.15, 0.2) is 11.6 Å². The molecule has 17 nitrogen and oxygen atoms in total. The number of aliphatic hydroxyl groups is 9. The van der Waals surface area contributed by atoms with Gasteiger partial charge in [-0.3, -0.25) is 5.32 Å². The first-order valence-electron chi connectivity index (χ1n) is 23.4. The second-order valence-corrected chi connectivity index (χ2v) is 21.3. The molecule has 354 valence electrons. The molecule has 5 saturated heterocycles. The Morgan fingerprint density at radius 2 is 1.35 bits per heavy atom. The summed E-state index contributed by atoms with van der Waals surface area (Å²) in [5.41, 5.74) is 0.504. The van der Waals surface area contributed by atoms with Gasteiger partial charge in [0.15, 0.2) is 18.9 Å². The Balaban J connectivity index is 0.927. The van der Waals surface area contributed by atoms with Gasteiger partial charge in [-0.05, 0) is 100 Å². The van der Waals surface area contributed by atoms with Crippen LogP contribution in [0.4, 0.5) is 0 Å². The van der Waals surface area contributed by atoms with Crippen LogP contribution < -0.4 is 5.32 Å². The Bertz CT molecular complexity index is 1630. The number of rotatable bonds is 7. The normalized spacial score (nSPS) is 58.9. The molecule has 0 aromatic rings. The number of piperidine rings is 1. The van der Waals surface area contributed by atoms with Crippen molar-refractivity contribution in [2.45, 2.75) is 209 Å². The second kappa shape index (κ2) is 17.0. The predicted octanol–water partition coefficient (Wildman–Crippen LogP) is -0.214. The molecule has 9 aliphatic rings. The summed E-state index contributed by atoms with van der Waals surface area (Å²) in [4.78, 5) is 0. The molecule has 0 unspecified atom stereocenters. The Kier molecular flexibility index (Phi) is 12.7. The lowest BCUT2D eigenvalue weighted by Gasteiger charge is -2.60. The molecule has 8 fully saturated rings. The molecule has 5 heterocycles. The number of hydrogen-bond acceptors (Lipinski definition) is 17. The standard InChI is InChI=1S/C45H73NO16/c1-18-9-12-45(46-16-18)19(2)30-27(62-45)14-26-24-8-7-22-13-23(10-11-43(22,5)25(24)15-29(48)44(26,30)6)58-42-39(61-41-36(54)34(52)32(50)21(4)57-41)37(55)38(28(17-47)59-42)60-40-35(53)33(51)31(49)20(3)56-40/h7,18-21,23-42,46-55H,8-17H2,1-6H3/t18-,19+,20+,21+,23+,24+,25+,26-,27+,28-,29-,30+,31+,32+,33-,34-,35-,36-,37+,38-,39-,40+,41+,42-,43+,44-,45-/m1/s1. The molecule has 10 N–H and O–H groups in total. The Morgan fingerprint density at radius 3 is 1.97 bits per heavy atom. The number of aliphatic hydroxyl groups excluding tert-OH is 9. The third kappa shape index (κ3) is 7.31. The minimum atomic E-state index is -1.73. The van der Waals surface area contributed by atoms with E-state index in [1.165, 1.54) is 19.4 Å². The van der Waals surface area contributed by atoms with Gasteiger partial charge in [0.05, 0.1) is 37.1 Å². The first-order chi connectivity index (χ1) is 29.3. The first-order valence-corrected chi connectivity index (χ1v) is 23.4. The highest BCUT2D eigenvalue weighted by Crippen LogP contribution is 2.70. The highest BCUT2D eigenvalue weighted by molar-refractivity contribution is 5.27. The molecule has 5 aliphatic heterocycles. The summed E-state index contributed by atoms with van der Waals surface area (Å²) in [5, 5.41) is 102. The van der Waals surface area contributed by atoms with Crippen molar-refractivity contribution in [3.63, 3.8) is 0 Å². The predicted molar refractivity (Wildman–Crippen MR) is 216 cm³/mol. The van der Waals surface area contributed by atoms with Crippen molar-refractivity contribution in [1.82, 2.24) is 5.32 Å². The molecule has 17 heteroatoms. The van der Waals surface area contributed by atoms with Gasteiger partial charge in [-0.2, -0.15) is 0 Å². The van der Waals surface area contributed by atoms with Gasteiger partial charge < -0.3 is 79.1 Å². The molecule has 27 atom stereocenters. The van der Waals surface area contributed by atoms with E-state index in [1.54, 1.807) is 0 Å². The van der Waals surface area contributed by atoms with Crippen LogP contribution in [0.3, 0.4) is 0 Å². The van der Waals surface area contributed by atoms with Crippen molar-refractivity contribution in [2.75, 3.05) is 13.2 Å². The number of nitrogens with one attached hydrogen (secondary N) is 1. The number of hydrogen-bond donors (Lipinski definition) is 10. The molecule has 3 saturated carbocycles. The molecular formula is C45H73NO16. The summed E-state index contributed by atoms with van der Waals surface area (Å²) in [6, 6.07) is 0. The third-order valence-electron chi connectivity index (χ3n) is 18.0. The topological polar surface area (TPSA) is 259 Å². The van der Waals surface area contributed by atoms with E-state index in [1.807, 2.05) is 0 Å². The van der Waals surface area contributed by atoms with E-state index < -0.39 is 111 Å². The van der Waals surface area contributed by atoms with Crippen molar-refractivity contribution in [1.29, 1.82) is 0 Å². The summed E-state index contributed by atoms with van der Waals surface area (Å²) in [5.74, 6) is 2.20. The fourth-order valence-electron chi connectivity index (χ4n) is 14.1. The molecule has 1 spiro atoms. The maximum Gasteiger partial charge on any atom is 0.187 e. The van der Waals surface area contributed by atoms with E-state index >= 15 is 0 Å². The summed E-state index contributed by atoms with van der Waals surface area (Å²) in [6.07, 6.45) is -13.5. The highest BCUT2D eigenvalue weighted by atomic mass is 16.8. The molecule has 0 aromatic heterocycles. The number of allylic oxidation sites excluding steroid dienone is 1. The lowest BCUT2D eigenvalue weighted by Crippen LogP contribution is -2.66. The van der Waals surface area contributed by atoms with Crippen LogP contribution in [0.1, 0.15) is 92.9 Å². The fourth-order valence-corrected chi connectivity index (χ4v) is 14.1. The molecule has 0 amide bonds. The zero-order valence-corrected chi connectivity index (χ0v) is 36.9. The molecule has 0 bridgehead atoms. The van der Waals surface area contributed by atoms with E-state index in [4.69, 9.17) is 33.2 Å². The van der Waals surface area contributed by atoms with Gasteiger partial charge in [0.2, 0.25) is 0 Å². The summed E-state index contributed by atoms with van der Waals surface area (Å²) in [7, 11) is 0. The zero-order valence-electron chi connectivity index (χ0n) is 36.9. The second-order valence-electron chi connectivity index (χ2n) is 21.3. The van der Waals surface area contributed by atoms with Crippen LogP contribution in [-0.4, -0.2) is 175 Å². The van der Waals surface area contributed by atoms with E-state index in [9.17, 15) is 46.0 Å². The van der Waals surface area contributed by atoms with Gasteiger partial charge in [0.1, 0.15) is 66.8 Å². The third-order valence-corrected chi connectivity index (χ3v) is 18.0. The molecule has 9 rings (SSSR count). The lowest BCUT2D eigenvalue weighted by atomic mass is 9.46. The van der Waals surface area contributed by atoms with E-state index in [-0.39, 0.29) is 34.5 Å². The van der Waals surface area contributed by atoms with Crippen molar-refractivity contribution in [3.8, 4) is 0 Å². The van der Waals surface area contributed by atoms with Gasteiger partial charge >= 0.3 is 0 Å². The van der Waals surface area contributed by atoms with Gasteiger partial charge in [-0.1, -0.05) is 39.3 Å². The largest absolute Gasteiger partial charge is 0.394 e. The van der Waals surface area contributed by atoms with Crippen LogP contribution in [0.25, 0.3) is 0 Å². The SMILES string of the molecule is C[C@@H]1CC[C@@]2(NC1)O[C@H]1C[C@@H]3[C@H]4CC=C5C[C@@H](O[C@@H]6O[C@H](CO)[C@@H](O[C@@H]7O[C@@H](C)[C@H](O)[C@@H](O)[C@H]7O)[C@H](O)[C@H]6O[C@@H]6O[C@@H](C)[C@H](O)[C@@H](O)[C@H]6O)CC[C@]5(C)[C@H]4C[C@@H](O)[C@]3(C)[C@H]1[C@@H]2C. The van der Waals surface area contributed by atoms with Crippen molar-refractivity contribution < 1.29 is 79.1 Å². The smallest absolute Gasteiger partial charge is 0.187 e. The summed E-state index contributed by atoms with van der Waals surface area (Å²) >= 11 is 0. The minimum Gasteiger partial charge on any atom is -0.394 e. The monoisotopic (exact) mass is 883 g/mol. The van der Waals surface area contributed by atoms with Crippen molar-refractivity contribution in [3.05, 3.63) is 11.6 Å². The Labute approximate surface area is 364 Å². The molecule has 0 aromatic carbocycles. The van der Waals surface area contributed by atoms with Crippen LogP contribution in [0.2, 0.25) is 0 Å². The average Bonchev–Trinajstić information content (AvgIpc) is 3.70. The van der Waals surface area contributed by atoms with Crippen LogP contribution >= 0.6 is 0 Å².